The van der Waals surface area contributed by atoms with Crippen molar-refractivity contribution < 1.29 is 13.2 Å². The van der Waals surface area contributed by atoms with Crippen molar-refractivity contribution in [1.82, 2.24) is 4.72 Å². The fourth-order valence-corrected chi connectivity index (χ4v) is 3.46. The molecular weight excluding hydrogens is 264 g/mol. The number of nitrogens with zero attached hydrogens (tertiary/aromatic N) is 1. The van der Waals surface area contributed by atoms with E-state index in [1.54, 1.807) is 24.3 Å². The van der Waals surface area contributed by atoms with E-state index in [4.69, 9.17) is 10.00 Å². The number of sulfonamides is 1. The summed E-state index contributed by atoms with van der Waals surface area (Å²) in [6.07, 6.45) is 1.43. The van der Waals surface area contributed by atoms with E-state index in [0.717, 1.165) is 0 Å². The van der Waals surface area contributed by atoms with Crippen LogP contribution in [0.2, 0.25) is 0 Å². The summed E-state index contributed by atoms with van der Waals surface area (Å²) < 4.78 is 31.9. The van der Waals surface area contributed by atoms with Gasteiger partial charge in [0.15, 0.2) is 0 Å². The predicted molar refractivity (Wildman–Crippen MR) is 70.8 cm³/mol. The van der Waals surface area contributed by atoms with Crippen LogP contribution in [0.5, 0.6) is 0 Å². The average molecular weight is 280 g/mol. The van der Waals surface area contributed by atoms with Gasteiger partial charge in [0.25, 0.3) is 0 Å². The highest BCUT2D eigenvalue weighted by Crippen LogP contribution is 2.11. The van der Waals surface area contributed by atoms with Gasteiger partial charge in [0.1, 0.15) is 0 Å². The van der Waals surface area contributed by atoms with E-state index < -0.39 is 10.0 Å². The first-order chi connectivity index (χ1) is 9.09. The van der Waals surface area contributed by atoms with Gasteiger partial charge in [-0.15, -0.1) is 0 Å². The molecule has 0 aromatic heterocycles. The summed E-state index contributed by atoms with van der Waals surface area (Å²) >= 11 is 0. The Morgan fingerprint density at radius 2 is 1.89 bits per heavy atom. The van der Waals surface area contributed by atoms with E-state index in [1.165, 1.54) is 0 Å². The predicted octanol–water partition coefficient (Wildman–Crippen LogP) is 1.16. The molecule has 1 aliphatic rings. The third-order valence-electron chi connectivity index (χ3n) is 3.01. The highest BCUT2D eigenvalue weighted by Gasteiger charge is 2.20. The lowest BCUT2D eigenvalue weighted by molar-refractivity contribution is 0.0832. The largest absolute Gasteiger partial charge is 0.381 e. The summed E-state index contributed by atoms with van der Waals surface area (Å²) in [5, 5.41) is 8.68. The van der Waals surface area contributed by atoms with E-state index in [-0.39, 0.29) is 11.8 Å². The van der Waals surface area contributed by atoms with Gasteiger partial charge >= 0.3 is 0 Å². The Kier molecular flexibility index (Phi) is 4.53. The monoisotopic (exact) mass is 280 g/mol. The Morgan fingerprint density at radius 3 is 2.47 bits per heavy atom. The first kappa shape index (κ1) is 14.0. The number of hydrogen-bond acceptors (Lipinski definition) is 4. The topological polar surface area (TPSA) is 79.2 Å². The third-order valence-corrected chi connectivity index (χ3v) is 4.41. The molecule has 0 bridgehead atoms. The highest BCUT2D eigenvalue weighted by molar-refractivity contribution is 7.88. The standard InChI is InChI=1S/C13H16N2O3S/c14-9-11-1-3-12(4-2-11)10-19(16,17)15-13-5-7-18-8-6-13/h1-4,13,15H,5-8,10H2. The maximum Gasteiger partial charge on any atom is 0.216 e. The van der Waals surface area contributed by atoms with Crippen LogP contribution in [0.1, 0.15) is 24.0 Å². The van der Waals surface area contributed by atoms with Gasteiger partial charge in [-0.2, -0.15) is 5.26 Å². The fraction of sp³-hybridized carbons (Fsp3) is 0.462. The molecule has 0 unspecified atom stereocenters. The van der Waals surface area contributed by atoms with Crippen molar-refractivity contribution in [3.05, 3.63) is 35.4 Å². The molecule has 0 atom stereocenters. The van der Waals surface area contributed by atoms with Crippen molar-refractivity contribution >= 4 is 10.0 Å². The molecule has 19 heavy (non-hydrogen) atoms. The van der Waals surface area contributed by atoms with Crippen molar-refractivity contribution in [3.8, 4) is 6.07 Å². The van der Waals surface area contributed by atoms with Gasteiger partial charge in [-0.05, 0) is 30.5 Å². The van der Waals surface area contributed by atoms with E-state index in [2.05, 4.69) is 4.72 Å². The minimum atomic E-state index is -3.34. The molecule has 0 amide bonds. The molecule has 0 spiro atoms. The molecule has 1 aliphatic heterocycles. The lowest BCUT2D eigenvalue weighted by Gasteiger charge is -2.22. The van der Waals surface area contributed by atoms with Crippen molar-refractivity contribution in [2.45, 2.75) is 24.6 Å². The SMILES string of the molecule is N#Cc1ccc(CS(=O)(=O)NC2CCOCC2)cc1. The zero-order valence-corrected chi connectivity index (χ0v) is 11.3. The lowest BCUT2D eigenvalue weighted by Crippen LogP contribution is -2.39. The van der Waals surface area contributed by atoms with Crippen LogP contribution in [0.25, 0.3) is 0 Å². The zero-order valence-electron chi connectivity index (χ0n) is 10.5. The smallest absolute Gasteiger partial charge is 0.216 e. The maximum absolute atomic E-state index is 12.0. The van der Waals surface area contributed by atoms with Gasteiger partial charge in [0, 0.05) is 19.3 Å². The fourth-order valence-electron chi connectivity index (χ4n) is 2.01. The minimum Gasteiger partial charge on any atom is -0.381 e. The molecule has 1 aromatic carbocycles. The van der Waals surface area contributed by atoms with Crippen molar-refractivity contribution in [2.24, 2.45) is 0 Å². The Bertz CT molecular complexity index is 555. The molecule has 2 rings (SSSR count). The van der Waals surface area contributed by atoms with Crippen molar-refractivity contribution in [2.75, 3.05) is 13.2 Å². The molecule has 102 valence electrons. The Morgan fingerprint density at radius 1 is 1.26 bits per heavy atom. The summed E-state index contributed by atoms with van der Waals surface area (Å²) in [6.45, 7) is 1.20. The van der Waals surface area contributed by atoms with Crippen molar-refractivity contribution in [1.29, 1.82) is 5.26 Å². The summed E-state index contributed by atoms with van der Waals surface area (Å²) in [7, 11) is -3.34. The van der Waals surface area contributed by atoms with Crippen LogP contribution in [-0.4, -0.2) is 27.7 Å². The Hall–Kier alpha value is -1.42. The molecule has 1 heterocycles. The second-order valence-electron chi connectivity index (χ2n) is 4.57. The highest BCUT2D eigenvalue weighted by atomic mass is 32.2. The number of rotatable bonds is 4. The first-order valence-electron chi connectivity index (χ1n) is 6.16. The average Bonchev–Trinajstić information content (AvgIpc) is 2.39. The lowest BCUT2D eigenvalue weighted by atomic mass is 10.1. The molecule has 1 saturated heterocycles. The number of nitrogens with one attached hydrogen (secondary N) is 1. The molecule has 0 saturated carbocycles. The molecular formula is C13H16N2O3S. The van der Waals surface area contributed by atoms with Gasteiger partial charge in [-0.25, -0.2) is 13.1 Å². The number of nitriles is 1. The van der Waals surface area contributed by atoms with Gasteiger partial charge in [0.05, 0.1) is 17.4 Å². The van der Waals surface area contributed by atoms with Crippen LogP contribution in [0, 0.1) is 11.3 Å². The summed E-state index contributed by atoms with van der Waals surface area (Å²) in [5.74, 6) is -0.0595. The summed E-state index contributed by atoms with van der Waals surface area (Å²) in [6, 6.07) is 8.56. The molecule has 1 N–H and O–H groups in total. The maximum atomic E-state index is 12.0. The number of ether oxygens (including phenoxy) is 1. The molecule has 0 radical (unpaired) electrons. The Labute approximate surface area is 113 Å². The number of hydrogen-bond donors (Lipinski definition) is 1. The second kappa shape index (κ2) is 6.15. The van der Waals surface area contributed by atoms with E-state index >= 15 is 0 Å². The van der Waals surface area contributed by atoms with Crippen LogP contribution in [0.4, 0.5) is 0 Å². The minimum absolute atomic E-state index is 0.0304. The van der Waals surface area contributed by atoms with Crippen LogP contribution >= 0.6 is 0 Å². The second-order valence-corrected chi connectivity index (χ2v) is 6.33. The number of benzene rings is 1. The van der Waals surface area contributed by atoms with E-state index in [0.29, 0.717) is 37.2 Å². The van der Waals surface area contributed by atoms with Crippen LogP contribution in [-0.2, 0) is 20.5 Å². The summed E-state index contributed by atoms with van der Waals surface area (Å²) in [5.41, 5.74) is 1.21. The van der Waals surface area contributed by atoms with Crippen LogP contribution in [0.15, 0.2) is 24.3 Å². The van der Waals surface area contributed by atoms with Gasteiger partial charge in [-0.1, -0.05) is 12.1 Å². The zero-order chi connectivity index (χ0) is 13.7. The van der Waals surface area contributed by atoms with Gasteiger partial charge in [0.2, 0.25) is 10.0 Å². The Balaban J connectivity index is 1.97. The normalized spacial score (nSPS) is 17.0. The molecule has 1 aromatic rings. The molecule has 5 nitrogen and oxygen atoms in total. The van der Waals surface area contributed by atoms with E-state index in [1.807, 2.05) is 6.07 Å². The van der Waals surface area contributed by atoms with E-state index in [9.17, 15) is 8.42 Å². The summed E-state index contributed by atoms with van der Waals surface area (Å²) in [4.78, 5) is 0. The van der Waals surface area contributed by atoms with Gasteiger partial charge in [-0.3, -0.25) is 0 Å². The van der Waals surface area contributed by atoms with Gasteiger partial charge < -0.3 is 4.74 Å². The van der Waals surface area contributed by atoms with Crippen LogP contribution < -0.4 is 4.72 Å². The quantitative estimate of drug-likeness (QED) is 0.897. The first-order valence-corrected chi connectivity index (χ1v) is 7.81. The molecule has 0 aliphatic carbocycles. The third kappa shape index (κ3) is 4.31. The van der Waals surface area contributed by atoms with Crippen molar-refractivity contribution in [3.63, 3.8) is 0 Å². The molecule has 1 fully saturated rings. The van der Waals surface area contributed by atoms with Crippen LogP contribution in [0.3, 0.4) is 0 Å². The molecule has 6 heteroatoms.